The van der Waals surface area contributed by atoms with Crippen molar-refractivity contribution in [3.8, 4) is 0 Å². The van der Waals surface area contributed by atoms with E-state index in [-0.39, 0.29) is 12.6 Å². The summed E-state index contributed by atoms with van der Waals surface area (Å²) >= 11 is 3.60. The minimum absolute atomic E-state index is 0.104. The number of aryl methyl sites for hydroxylation is 1. The fraction of sp³-hybridized carbons (Fsp3) is 0.538. The third kappa shape index (κ3) is 3.07. The van der Waals surface area contributed by atoms with Gasteiger partial charge in [-0.05, 0) is 24.1 Å². The summed E-state index contributed by atoms with van der Waals surface area (Å²) in [5.74, 6) is 0. The van der Waals surface area contributed by atoms with Crippen LogP contribution in [0.25, 0.3) is 0 Å². The van der Waals surface area contributed by atoms with E-state index in [0.29, 0.717) is 0 Å². The Morgan fingerprint density at radius 2 is 2.12 bits per heavy atom. The Morgan fingerprint density at radius 1 is 1.41 bits per heavy atom. The molecule has 2 N–H and O–H groups in total. The standard InChI is InChI=1S/C13H19BrN2O/c1-10-2-3-11(12(14)8-10)13(9-17)16-6-4-15-5-7-16/h2-3,8,13,15,17H,4-7,9H2,1H3. The Labute approximate surface area is 111 Å². The van der Waals surface area contributed by atoms with Crippen molar-refractivity contribution >= 4 is 15.9 Å². The predicted molar refractivity (Wildman–Crippen MR) is 73.1 cm³/mol. The van der Waals surface area contributed by atoms with Gasteiger partial charge in [-0.15, -0.1) is 0 Å². The van der Waals surface area contributed by atoms with Crippen LogP contribution in [0, 0.1) is 6.92 Å². The summed E-state index contributed by atoms with van der Waals surface area (Å²) in [4.78, 5) is 2.34. The first-order chi connectivity index (χ1) is 8.22. The summed E-state index contributed by atoms with van der Waals surface area (Å²) < 4.78 is 1.09. The van der Waals surface area contributed by atoms with E-state index in [9.17, 15) is 5.11 Å². The number of halogens is 1. The zero-order valence-corrected chi connectivity index (χ0v) is 11.7. The minimum Gasteiger partial charge on any atom is -0.394 e. The number of hydrogen-bond acceptors (Lipinski definition) is 3. The highest BCUT2D eigenvalue weighted by molar-refractivity contribution is 9.10. The van der Waals surface area contributed by atoms with E-state index in [1.165, 1.54) is 11.1 Å². The van der Waals surface area contributed by atoms with Crippen LogP contribution in [0.1, 0.15) is 17.2 Å². The number of aliphatic hydroxyl groups excluding tert-OH is 1. The van der Waals surface area contributed by atoms with E-state index >= 15 is 0 Å². The van der Waals surface area contributed by atoms with Crippen molar-refractivity contribution in [2.45, 2.75) is 13.0 Å². The first-order valence-corrected chi connectivity index (χ1v) is 6.83. The average Bonchev–Trinajstić information content (AvgIpc) is 2.34. The maximum absolute atomic E-state index is 9.64. The van der Waals surface area contributed by atoms with Gasteiger partial charge >= 0.3 is 0 Å². The van der Waals surface area contributed by atoms with Crippen LogP contribution in [0.3, 0.4) is 0 Å². The van der Waals surface area contributed by atoms with Crippen LogP contribution in [0.5, 0.6) is 0 Å². The van der Waals surface area contributed by atoms with Crippen LogP contribution in [0.4, 0.5) is 0 Å². The van der Waals surface area contributed by atoms with Crippen LogP contribution in [-0.4, -0.2) is 42.8 Å². The number of nitrogens with one attached hydrogen (secondary N) is 1. The topological polar surface area (TPSA) is 35.5 Å². The van der Waals surface area contributed by atoms with Gasteiger partial charge in [-0.25, -0.2) is 0 Å². The van der Waals surface area contributed by atoms with Crippen molar-refractivity contribution in [3.05, 3.63) is 33.8 Å². The summed E-state index contributed by atoms with van der Waals surface area (Å²) in [6.45, 7) is 6.23. The molecule has 1 aromatic rings. The molecule has 0 saturated carbocycles. The Morgan fingerprint density at radius 3 is 2.71 bits per heavy atom. The lowest BCUT2D eigenvalue weighted by Crippen LogP contribution is -2.46. The molecule has 1 heterocycles. The lowest BCUT2D eigenvalue weighted by atomic mass is 10.0. The Bertz CT molecular complexity index is 378. The fourth-order valence-electron chi connectivity index (χ4n) is 2.31. The molecule has 1 atom stereocenters. The average molecular weight is 299 g/mol. The van der Waals surface area contributed by atoms with Gasteiger partial charge in [0.1, 0.15) is 0 Å². The van der Waals surface area contributed by atoms with Crippen LogP contribution in [0.15, 0.2) is 22.7 Å². The SMILES string of the molecule is Cc1ccc(C(CO)N2CCNCC2)c(Br)c1. The molecule has 0 aliphatic carbocycles. The highest BCUT2D eigenvalue weighted by Crippen LogP contribution is 2.28. The van der Waals surface area contributed by atoms with Crippen molar-refractivity contribution in [3.63, 3.8) is 0 Å². The van der Waals surface area contributed by atoms with Gasteiger partial charge in [0.05, 0.1) is 12.6 Å². The monoisotopic (exact) mass is 298 g/mol. The van der Waals surface area contributed by atoms with E-state index in [1.54, 1.807) is 0 Å². The van der Waals surface area contributed by atoms with E-state index in [0.717, 1.165) is 30.7 Å². The van der Waals surface area contributed by atoms with Crippen molar-refractivity contribution in [2.24, 2.45) is 0 Å². The summed E-state index contributed by atoms with van der Waals surface area (Å²) in [5.41, 5.74) is 2.41. The predicted octanol–water partition coefficient (Wildman–Crippen LogP) is 1.70. The summed E-state index contributed by atoms with van der Waals surface area (Å²) in [7, 11) is 0. The quantitative estimate of drug-likeness (QED) is 0.892. The third-order valence-electron chi connectivity index (χ3n) is 3.28. The zero-order valence-electron chi connectivity index (χ0n) is 10.1. The van der Waals surface area contributed by atoms with Crippen LogP contribution >= 0.6 is 15.9 Å². The van der Waals surface area contributed by atoms with Crippen molar-refractivity contribution in [1.82, 2.24) is 10.2 Å². The van der Waals surface area contributed by atoms with Gasteiger partial charge in [-0.1, -0.05) is 28.1 Å². The Hall–Kier alpha value is -0.420. The molecule has 2 rings (SSSR count). The molecule has 1 aromatic carbocycles. The molecular formula is C13H19BrN2O. The van der Waals surface area contributed by atoms with E-state index in [4.69, 9.17) is 0 Å². The Kier molecular flexibility index (Phi) is 4.56. The minimum atomic E-state index is 0.104. The molecule has 0 aromatic heterocycles. The van der Waals surface area contributed by atoms with Crippen LogP contribution in [-0.2, 0) is 0 Å². The fourth-order valence-corrected chi connectivity index (χ4v) is 3.06. The van der Waals surface area contributed by atoms with Crippen molar-refractivity contribution in [1.29, 1.82) is 0 Å². The van der Waals surface area contributed by atoms with Gasteiger partial charge < -0.3 is 10.4 Å². The molecule has 0 spiro atoms. The van der Waals surface area contributed by atoms with E-state index in [1.807, 2.05) is 0 Å². The smallest absolute Gasteiger partial charge is 0.0629 e. The molecule has 1 unspecified atom stereocenters. The molecule has 1 aliphatic rings. The first-order valence-electron chi connectivity index (χ1n) is 6.04. The first kappa shape index (κ1) is 13.0. The third-order valence-corrected chi connectivity index (χ3v) is 3.97. The molecule has 4 heteroatoms. The van der Waals surface area contributed by atoms with E-state index < -0.39 is 0 Å². The normalized spacial score (nSPS) is 19.2. The van der Waals surface area contributed by atoms with Crippen LogP contribution in [0.2, 0.25) is 0 Å². The number of hydrogen-bond donors (Lipinski definition) is 2. The molecule has 17 heavy (non-hydrogen) atoms. The van der Waals surface area contributed by atoms with Gasteiger partial charge in [0.15, 0.2) is 0 Å². The summed E-state index contributed by atoms with van der Waals surface area (Å²) in [6, 6.07) is 6.43. The molecule has 3 nitrogen and oxygen atoms in total. The van der Waals surface area contributed by atoms with Gasteiger partial charge in [-0.2, -0.15) is 0 Å². The maximum atomic E-state index is 9.64. The number of piperazine rings is 1. The second-order valence-electron chi connectivity index (χ2n) is 4.51. The number of aliphatic hydroxyl groups is 1. The molecule has 1 aliphatic heterocycles. The van der Waals surface area contributed by atoms with Gasteiger partial charge in [0.25, 0.3) is 0 Å². The maximum Gasteiger partial charge on any atom is 0.0629 e. The molecule has 0 amide bonds. The molecule has 94 valence electrons. The highest BCUT2D eigenvalue weighted by atomic mass is 79.9. The van der Waals surface area contributed by atoms with Crippen LogP contribution < -0.4 is 5.32 Å². The molecule has 0 radical (unpaired) electrons. The van der Waals surface area contributed by atoms with E-state index in [2.05, 4.69) is 51.3 Å². The summed E-state index contributed by atoms with van der Waals surface area (Å²) in [5, 5.41) is 13.0. The lowest BCUT2D eigenvalue weighted by molar-refractivity contribution is 0.110. The number of rotatable bonds is 3. The van der Waals surface area contributed by atoms with Crippen molar-refractivity contribution in [2.75, 3.05) is 32.8 Å². The van der Waals surface area contributed by atoms with Gasteiger partial charge in [0.2, 0.25) is 0 Å². The number of benzene rings is 1. The summed E-state index contributed by atoms with van der Waals surface area (Å²) in [6.07, 6.45) is 0. The zero-order chi connectivity index (χ0) is 12.3. The van der Waals surface area contributed by atoms with Gasteiger partial charge in [-0.3, -0.25) is 4.90 Å². The lowest BCUT2D eigenvalue weighted by Gasteiger charge is -2.34. The molecule has 0 bridgehead atoms. The molecule has 1 saturated heterocycles. The number of nitrogens with zero attached hydrogens (tertiary/aromatic N) is 1. The second-order valence-corrected chi connectivity index (χ2v) is 5.36. The van der Waals surface area contributed by atoms with Crippen molar-refractivity contribution < 1.29 is 5.11 Å². The molecular weight excluding hydrogens is 280 g/mol. The largest absolute Gasteiger partial charge is 0.394 e. The molecule has 1 fully saturated rings. The Balaban J connectivity index is 2.21. The second kappa shape index (κ2) is 5.96. The highest BCUT2D eigenvalue weighted by Gasteiger charge is 2.22. The van der Waals surface area contributed by atoms with Gasteiger partial charge in [0, 0.05) is 30.7 Å².